The maximum absolute atomic E-state index is 11.2. The van der Waals surface area contributed by atoms with Gasteiger partial charge in [0.05, 0.1) is 0 Å². The third-order valence-electron chi connectivity index (χ3n) is 2.66. The fraction of sp³-hybridized carbons (Fsp3) is 0.286. The number of imidazole rings is 1. The van der Waals surface area contributed by atoms with Crippen LogP contribution in [0, 0.1) is 0 Å². The summed E-state index contributed by atoms with van der Waals surface area (Å²) >= 11 is -0.0735. The molecule has 0 saturated heterocycles. The molecule has 1 heterocycles. The number of carboxylic acids is 1. The Morgan fingerprint density at radius 3 is 2.74 bits per heavy atom. The minimum atomic E-state index is -0.928. The fourth-order valence-corrected chi connectivity index (χ4v) is 3.60. The number of aromatic nitrogens is 2. The molecule has 0 unspecified atom stereocenters. The zero-order chi connectivity index (χ0) is 13.7. The second-order valence-corrected chi connectivity index (χ2v) is 6.42. The van der Waals surface area contributed by atoms with Gasteiger partial charge in [-0.05, 0) is 0 Å². The summed E-state index contributed by atoms with van der Waals surface area (Å²) in [5.41, 5.74) is 0.245. The van der Waals surface area contributed by atoms with Gasteiger partial charge in [0.1, 0.15) is 0 Å². The predicted octanol–water partition coefficient (Wildman–Crippen LogP) is 1.11. The van der Waals surface area contributed by atoms with Crippen LogP contribution in [0.5, 0.6) is 0 Å². The number of rotatable bonds is 6. The summed E-state index contributed by atoms with van der Waals surface area (Å²) in [6, 6.07) is 9.89. The third kappa shape index (κ3) is 3.69. The van der Waals surface area contributed by atoms with Crippen molar-refractivity contribution in [3.8, 4) is 0 Å². The Labute approximate surface area is 118 Å². The molecule has 100 valence electrons. The Kier molecular flexibility index (Phi) is 4.77. The van der Waals surface area contributed by atoms with Crippen LogP contribution in [0.3, 0.4) is 0 Å². The average Bonchev–Trinajstić information content (AvgIpc) is 2.81. The van der Waals surface area contributed by atoms with Crippen LogP contribution in [-0.2, 0) is 6.42 Å². The minimum absolute atomic E-state index is 0.0735. The summed E-state index contributed by atoms with van der Waals surface area (Å²) < 4.78 is 1.81. The molecule has 5 heteroatoms. The quantitative estimate of drug-likeness (QED) is 0.783. The molecule has 1 aromatic heterocycles. The fourth-order valence-electron chi connectivity index (χ4n) is 1.69. The van der Waals surface area contributed by atoms with Crippen molar-refractivity contribution in [3.05, 3.63) is 41.9 Å². The molecule has 4 nitrogen and oxygen atoms in total. The number of carbonyl (C=O) groups is 1. The first-order valence-corrected chi connectivity index (χ1v) is 7.97. The van der Waals surface area contributed by atoms with Crippen LogP contribution in [0.4, 0.5) is 0 Å². The number of aromatic carboxylic acids is 1. The molecule has 2 aromatic rings. The van der Waals surface area contributed by atoms with Crippen LogP contribution in [0.2, 0.25) is 0 Å². The van der Waals surface area contributed by atoms with Gasteiger partial charge in [-0.3, -0.25) is 0 Å². The van der Waals surface area contributed by atoms with Crippen molar-refractivity contribution in [1.29, 1.82) is 0 Å². The van der Waals surface area contributed by atoms with Gasteiger partial charge in [0.2, 0.25) is 0 Å². The number of nitrogens with one attached hydrogen (secondary N) is 1. The number of benzene rings is 1. The Balaban J connectivity index is 2.22. The van der Waals surface area contributed by atoms with Crippen LogP contribution >= 0.6 is 0 Å². The van der Waals surface area contributed by atoms with Gasteiger partial charge in [0.15, 0.2) is 0 Å². The molecule has 0 radical (unpaired) electrons. The first-order valence-electron chi connectivity index (χ1n) is 6.25. The molecule has 0 bridgehead atoms. The van der Waals surface area contributed by atoms with Gasteiger partial charge in [-0.15, -0.1) is 0 Å². The maximum atomic E-state index is 11.2. The first-order chi connectivity index (χ1) is 9.20. The molecule has 0 amide bonds. The molecular weight excluding hydrogens is 307 g/mol. The topological polar surface area (TPSA) is 66.0 Å². The zero-order valence-electron chi connectivity index (χ0n) is 10.7. The Hall–Kier alpha value is -1.58. The van der Waals surface area contributed by atoms with E-state index in [4.69, 9.17) is 0 Å². The number of nitrogens with zero attached hydrogens (tertiary/aromatic N) is 1. The van der Waals surface area contributed by atoms with Gasteiger partial charge in [-0.25, -0.2) is 0 Å². The van der Waals surface area contributed by atoms with Crippen LogP contribution in [0.15, 0.2) is 30.3 Å². The van der Waals surface area contributed by atoms with Gasteiger partial charge in [0.25, 0.3) is 0 Å². The van der Waals surface area contributed by atoms with Crippen molar-refractivity contribution >= 4 is 30.0 Å². The average molecular weight is 323 g/mol. The van der Waals surface area contributed by atoms with Crippen LogP contribution in [-0.4, -0.2) is 36.0 Å². The van der Waals surface area contributed by atoms with Gasteiger partial charge in [-0.1, -0.05) is 0 Å². The second kappa shape index (κ2) is 6.55. The van der Waals surface area contributed by atoms with E-state index in [2.05, 4.69) is 16.9 Å². The summed E-state index contributed by atoms with van der Waals surface area (Å²) in [6.07, 6.45) is 2.90. The van der Waals surface area contributed by atoms with Gasteiger partial charge < -0.3 is 0 Å². The van der Waals surface area contributed by atoms with Crippen LogP contribution in [0.25, 0.3) is 0 Å². The van der Waals surface area contributed by atoms with E-state index in [9.17, 15) is 9.90 Å². The molecule has 0 atom stereocenters. The van der Waals surface area contributed by atoms with E-state index in [1.165, 1.54) is 0 Å². The number of unbranched alkanes of at least 4 members (excludes halogenated alkanes) is 1. The molecule has 19 heavy (non-hydrogen) atoms. The van der Waals surface area contributed by atoms with E-state index in [0.717, 1.165) is 29.5 Å². The normalized spacial score (nSPS) is 10.6. The summed E-state index contributed by atoms with van der Waals surface area (Å²) in [7, 11) is 0. The van der Waals surface area contributed by atoms with E-state index in [1.807, 2.05) is 30.3 Å². The molecule has 0 aliphatic heterocycles. The monoisotopic (exact) mass is 324 g/mol. The molecule has 0 aliphatic carbocycles. The van der Waals surface area contributed by atoms with E-state index in [-0.39, 0.29) is 20.7 Å². The summed E-state index contributed by atoms with van der Waals surface area (Å²) in [5.74, 6) is -0.143. The van der Waals surface area contributed by atoms with Crippen molar-refractivity contribution in [2.24, 2.45) is 0 Å². The SMILES string of the molecule is CCCCc1nc([Se]c2ccccc2)c(C(=O)O)[nH]1. The van der Waals surface area contributed by atoms with Crippen LogP contribution < -0.4 is 9.05 Å². The molecule has 0 aliphatic rings. The van der Waals surface area contributed by atoms with Gasteiger partial charge in [-0.2, -0.15) is 0 Å². The third-order valence-corrected chi connectivity index (χ3v) is 4.75. The Bertz CT molecular complexity index is 552. The van der Waals surface area contributed by atoms with Crippen molar-refractivity contribution in [2.75, 3.05) is 0 Å². The van der Waals surface area contributed by atoms with Gasteiger partial charge in [0, 0.05) is 0 Å². The summed E-state index contributed by atoms with van der Waals surface area (Å²) in [4.78, 5) is 18.6. The van der Waals surface area contributed by atoms with E-state index in [1.54, 1.807) is 0 Å². The standard InChI is InChI=1S/C14H16N2O2Se/c1-2-3-9-11-15-12(14(17)18)13(16-11)19-10-7-5-4-6-8-10/h4-8H,2-3,9H2,1H3,(H,15,16)(H,17,18). The molecule has 1 aromatic carbocycles. The van der Waals surface area contributed by atoms with E-state index >= 15 is 0 Å². The van der Waals surface area contributed by atoms with E-state index < -0.39 is 5.97 Å². The van der Waals surface area contributed by atoms with Crippen LogP contribution in [0.1, 0.15) is 36.1 Å². The summed E-state index contributed by atoms with van der Waals surface area (Å²) in [5, 5.41) is 9.22. The number of H-pyrrole nitrogens is 1. The number of hydrogen-bond donors (Lipinski definition) is 2. The van der Waals surface area contributed by atoms with E-state index in [0.29, 0.717) is 4.59 Å². The number of aromatic amines is 1. The number of hydrogen-bond acceptors (Lipinski definition) is 2. The molecule has 0 saturated carbocycles. The second-order valence-electron chi connectivity index (χ2n) is 4.19. The molecule has 0 fully saturated rings. The van der Waals surface area contributed by atoms with Crippen molar-refractivity contribution in [2.45, 2.75) is 26.2 Å². The van der Waals surface area contributed by atoms with Crippen molar-refractivity contribution in [1.82, 2.24) is 9.97 Å². The molecular formula is C14H16N2O2Se. The summed E-state index contributed by atoms with van der Waals surface area (Å²) in [6.45, 7) is 2.11. The van der Waals surface area contributed by atoms with Gasteiger partial charge >= 0.3 is 118 Å². The zero-order valence-corrected chi connectivity index (χ0v) is 12.4. The first kappa shape index (κ1) is 13.8. The number of aryl methyl sites for hydroxylation is 1. The van der Waals surface area contributed by atoms with Crippen molar-refractivity contribution < 1.29 is 9.90 Å². The Morgan fingerprint density at radius 2 is 2.11 bits per heavy atom. The molecule has 2 N–H and O–H groups in total. The molecule has 2 rings (SSSR count). The molecule has 0 spiro atoms. The number of carboxylic acid groups (broad SMARTS) is 1. The van der Waals surface area contributed by atoms with Crippen molar-refractivity contribution in [3.63, 3.8) is 0 Å². The predicted molar refractivity (Wildman–Crippen MR) is 75.6 cm³/mol. The Morgan fingerprint density at radius 1 is 1.37 bits per heavy atom.